The highest BCUT2D eigenvalue weighted by atomic mass is 19.4. The summed E-state index contributed by atoms with van der Waals surface area (Å²) in [7, 11) is 0. The SMILES string of the molecule is C=CCN(c1ccc(C(F)(F)F)c(C(=O)O)c1)C(C)(C)C. The van der Waals surface area contributed by atoms with Crippen molar-refractivity contribution < 1.29 is 23.1 Å². The molecular weight excluding hydrogens is 283 g/mol. The molecule has 0 aromatic heterocycles. The quantitative estimate of drug-likeness (QED) is 0.848. The Bertz CT molecular complexity index is 545. The van der Waals surface area contributed by atoms with Gasteiger partial charge in [0.25, 0.3) is 0 Å². The lowest BCUT2D eigenvalue weighted by Crippen LogP contribution is -2.41. The van der Waals surface area contributed by atoms with Crippen LogP contribution in [0.2, 0.25) is 0 Å². The highest BCUT2D eigenvalue weighted by molar-refractivity contribution is 5.91. The number of nitrogens with zero attached hydrogens (tertiary/aromatic N) is 1. The Morgan fingerprint density at radius 1 is 1.33 bits per heavy atom. The molecule has 1 aromatic carbocycles. The minimum Gasteiger partial charge on any atom is -0.478 e. The van der Waals surface area contributed by atoms with Crippen molar-refractivity contribution in [3.63, 3.8) is 0 Å². The molecule has 0 atom stereocenters. The van der Waals surface area contributed by atoms with E-state index < -0.39 is 23.3 Å². The summed E-state index contributed by atoms with van der Waals surface area (Å²) in [5, 5.41) is 9.03. The zero-order chi connectivity index (χ0) is 16.4. The summed E-state index contributed by atoms with van der Waals surface area (Å²) >= 11 is 0. The van der Waals surface area contributed by atoms with Crippen LogP contribution in [0.3, 0.4) is 0 Å². The van der Waals surface area contributed by atoms with Gasteiger partial charge in [0, 0.05) is 17.8 Å². The molecule has 1 N–H and O–H groups in total. The molecule has 21 heavy (non-hydrogen) atoms. The molecule has 0 unspecified atom stereocenters. The molecule has 1 rings (SSSR count). The third-order valence-electron chi connectivity index (χ3n) is 2.97. The van der Waals surface area contributed by atoms with Crippen LogP contribution < -0.4 is 4.90 Å². The number of halogens is 3. The molecular formula is C15H18F3NO2. The van der Waals surface area contributed by atoms with Crippen LogP contribution in [0.5, 0.6) is 0 Å². The van der Waals surface area contributed by atoms with Gasteiger partial charge in [0.05, 0.1) is 11.1 Å². The van der Waals surface area contributed by atoms with Gasteiger partial charge in [-0.25, -0.2) is 4.79 Å². The Kier molecular flexibility index (Phi) is 4.71. The van der Waals surface area contributed by atoms with E-state index in [4.69, 9.17) is 5.11 Å². The van der Waals surface area contributed by atoms with Gasteiger partial charge < -0.3 is 10.0 Å². The van der Waals surface area contributed by atoms with E-state index in [1.54, 1.807) is 11.0 Å². The zero-order valence-corrected chi connectivity index (χ0v) is 12.2. The summed E-state index contributed by atoms with van der Waals surface area (Å²) in [6, 6.07) is 3.14. The first-order chi connectivity index (χ1) is 9.48. The first kappa shape index (κ1) is 17.1. The van der Waals surface area contributed by atoms with Crippen LogP contribution in [0, 0.1) is 0 Å². The predicted octanol–water partition coefficient (Wildman–Crippen LogP) is 4.19. The fraction of sp³-hybridized carbons (Fsp3) is 0.400. The molecule has 116 valence electrons. The number of rotatable bonds is 4. The maximum absolute atomic E-state index is 12.8. The first-order valence-corrected chi connectivity index (χ1v) is 6.31. The number of alkyl halides is 3. The average Bonchev–Trinajstić information content (AvgIpc) is 2.32. The normalized spacial score (nSPS) is 12.1. The molecule has 0 saturated carbocycles. The smallest absolute Gasteiger partial charge is 0.417 e. The van der Waals surface area contributed by atoms with Gasteiger partial charge in [0.15, 0.2) is 0 Å². The Labute approximate surface area is 121 Å². The van der Waals surface area contributed by atoms with Crippen molar-refractivity contribution in [1.29, 1.82) is 0 Å². The maximum Gasteiger partial charge on any atom is 0.417 e. The lowest BCUT2D eigenvalue weighted by atomic mass is 10.0. The Balaban J connectivity index is 3.43. The van der Waals surface area contributed by atoms with Crippen molar-refractivity contribution in [2.75, 3.05) is 11.4 Å². The molecule has 0 fully saturated rings. The second-order valence-corrected chi connectivity index (χ2v) is 5.60. The second-order valence-electron chi connectivity index (χ2n) is 5.60. The summed E-state index contributed by atoms with van der Waals surface area (Å²) in [5.74, 6) is -1.60. The molecule has 0 saturated heterocycles. The molecule has 0 aliphatic heterocycles. The molecule has 0 amide bonds. The van der Waals surface area contributed by atoms with E-state index in [0.29, 0.717) is 12.2 Å². The monoisotopic (exact) mass is 301 g/mol. The Hall–Kier alpha value is -1.98. The molecule has 0 radical (unpaired) electrons. The van der Waals surface area contributed by atoms with Crippen molar-refractivity contribution >= 4 is 11.7 Å². The molecule has 0 spiro atoms. The van der Waals surface area contributed by atoms with E-state index in [1.165, 1.54) is 6.07 Å². The maximum atomic E-state index is 12.8. The molecule has 0 aliphatic rings. The molecule has 0 aliphatic carbocycles. The number of hydrogen-bond donors (Lipinski definition) is 1. The van der Waals surface area contributed by atoms with Crippen LogP contribution in [0.4, 0.5) is 18.9 Å². The topological polar surface area (TPSA) is 40.5 Å². The van der Waals surface area contributed by atoms with Crippen LogP contribution in [0.15, 0.2) is 30.9 Å². The fourth-order valence-corrected chi connectivity index (χ4v) is 2.02. The van der Waals surface area contributed by atoms with E-state index in [0.717, 1.165) is 12.1 Å². The fourth-order valence-electron chi connectivity index (χ4n) is 2.02. The number of carboxylic acids is 1. The molecule has 0 heterocycles. The highest BCUT2D eigenvalue weighted by Crippen LogP contribution is 2.35. The van der Waals surface area contributed by atoms with Crippen LogP contribution in [-0.4, -0.2) is 23.2 Å². The predicted molar refractivity (Wildman–Crippen MR) is 75.7 cm³/mol. The molecule has 3 nitrogen and oxygen atoms in total. The summed E-state index contributed by atoms with van der Waals surface area (Å²) < 4.78 is 38.5. The van der Waals surface area contributed by atoms with Gasteiger partial charge in [-0.15, -0.1) is 6.58 Å². The van der Waals surface area contributed by atoms with Crippen molar-refractivity contribution in [3.05, 3.63) is 42.0 Å². The van der Waals surface area contributed by atoms with E-state index in [1.807, 2.05) is 20.8 Å². The van der Waals surface area contributed by atoms with Crippen LogP contribution >= 0.6 is 0 Å². The standard InChI is InChI=1S/C15H18F3NO2/c1-5-8-19(14(2,3)4)10-6-7-12(15(16,17)18)11(9-10)13(20)21/h5-7,9H,1,8H2,2-4H3,(H,20,21). The van der Waals surface area contributed by atoms with Gasteiger partial charge in [-0.1, -0.05) is 6.08 Å². The van der Waals surface area contributed by atoms with Crippen molar-refractivity contribution in [1.82, 2.24) is 0 Å². The number of hydrogen-bond acceptors (Lipinski definition) is 2. The van der Waals surface area contributed by atoms with Crippen LogP contribution in [0.1, 0.15) is 36.7 Å². The minimum atomic E-state index is -4.70. The van der Waals surface area contributed by atoms with Gasteiger partial charge in [-0.2, -0.15) is 13.2 Å². The number of carbonyl (C=O) groups is 1. The summed E-state index contributed by atoms with van der Waals surface area (Å²) in [5.41, 5.74) is -1.87. The largest absolute Gasteiger partial charge is 0.478 e. The van der Waals surface area contributed by atoms with Crippen LogP contribution in [0.25, 0.3) is 0 Å². The van der Waals surface area contributed by atoms with E-state index in [2.05, 4.69) is 6.58 Å². The Morgan fingerprint density at radius 3 is 2.29 bits per heavy atom. The second kappa shape index (κ2) is 5.79. The van der Waals surface area contributed by atoms with Gasteiger partial charge in [0.1, 0.15) is 0 Å². The van der Waals surface area contributed by atoms with Gasteiger partial charge in [0.2, 0.25) is 0 Å². The van der Waals surface area contributed by atoms with E-state index in [9.17, 15) is 18.0 Å². The van der Waals surface area contributed by atoms with Crippen LogP contribution in [-0.2, 0) is 6.18 Å². The van der Waals surface area contributed by atoms with E-state index >= 15 is 0 Å². The van der Waals surface area contributed by atoms with Gasteiger partial charge >= 0.3 is 12.1 Å². The lowest BCUT2D eigenvalue weighted by Gasteiger charge is -2.37. The highest BCUT2D eigenvalue weighted by Gasteiger charge is 2.36. The summed E-state index contributed by atoms with van der Waals surface area (Å²) in [6.45, 7) is 9.66. The Morgan fingerprint density at radius 2 is 1.90 bits per heavy atom. The number of benzene rings is 1. The van der Waals surface area contributed by atoms with Crippen molar-refractivity contribution in [3.8, 4) is 0 Å². The number of anilines is 1. The van der Waals surface area contributed by atoms with E-state index in [-0.39, 0.29) is 5.54 Å². The third-order valence-corrected chi connectivity index (χ3v) is 2.97. The number of aromatic carboxylic acids is 1. The lowest BCUT2D eigenvalue weighted by molar-refractivity contribution is -0.138. The van der Waals surface area contributed by atoms with Gasteiger partial charge in [-0.3, -0.25) is 0 Å². The average molecular weight is 301 g/mol. The first-order valence-electron chi connectivity index (χ1n) is 6.31. The zero-order valence-electron chi connectivity index (χ0n) is 12.2. The summed E-state index contributed by atoms with van der Waals surface area (Å²) in [6.07, 6.45) is -3.08. The minimum absolute atomic E-state index is 0.385. The molecule has 6 heteroatoms. The molecule has 0 bridgehead atoms. The van der Waals surface area contributed by atoms with Gasteiger partial charge in [-0.05, 0) is 39.0 Å². The number of carboxylic acid groups (broad SMARTS) is 1. The third kappa shape index (κ3) is 4.00. The van der Waals surface area contributed by atoms with Crippen molar-refractivity contribution in [2.24, 2.45) is 0 Å². The van der Waals surface area contributed by atoms with Crippen molar-refractivity contribution in [2.45, 2.75) is 32.5 Å². The summed E-state index contributed by atoms with van der Waals surface area (Å²) in [4.78, 5) is 12.9. The molecule has 1 aromatic rings.